The van der Waals surface area contributed by atoms with Gasteiger partial charge >= 0.3 is 11.9 Å². The molecule has 0 fully saturated rings. The molecule has 3 N–H and O–H groups in total. The Balaban J connectivity index is 0.000000196. The number of esters is 2. The van der Waals surface area contributed by atoms with Gasteiger partial charge < -0.3 is 24.7 Å². The third-order valence-corrected chi connectivity index (χ3v) is 8.20. The maximum Gasteiger partial charge on any atom is 0.338 e. The molecular formula is C40H43N4O8+. The van der Waals surface area contributed by atoms with Crippen molar-refractivity contribution in [2.45, 2.75) is 65.3 Å². The van der Waals surface area contributed by atoms with Crippen LogP contribution in [0.2, 0.25) is 0 Å². The number of amides is 2. The first-order valence-electron chi connectivity index (χ1n) is 17.2. The number of benzene rings is 2. The lowest BCUT2D eigenvalue weighted by Crippen LogP contribution is -2.17. The number of Topliss-reactive ketones (excluding diaryl/α,β-unsaturated/α-hetero) is 2. The Hall–Kier alpha value is -6.13. The highest BCUT2D eigenvalue weighted by Gasteiger charge is 2.30. The lowest BCUT2D eigenvalue weighted by molar-refractivity contribution is -0.117. The summed E-state index contributed by atoms with van der Waals surface area (Å²) in [4.78, 5) is 69.1. The van der Waals surface area contributed by atoms with Crippen LogP contribution in [0.4, 0.5) is 11.4 Å². The lowest BCUT2D eigenvalue weighted by atomic mass is 9.97. The Bertz CT molecular complexity index is 1850. The number of fused-ring (bicyclic) bond motifs is 1. The summed E-state index contributed by atoms with van der Waals surface area (Å²) in [5, 5.41) is 8.34. The number of nitrogens with zero attached hydrogens (tertiary/aromatic N) is 1. The summed E-state index contributed by atoms with van der Waals surface area (Å²) in [7, 11) is 0. The van der Waals surface area contributed by atoms with Crippen LogP contribution in [0.25, 0.3) is 0 Å². The molecule has 6 rings (SSSR count). The molecule has 1 aliphatic heterocycles. The van der Waals surface area contributed by atoms with Gasteiger partial charge in [0.2, 0.25) is 17.6 Å². The van der Waals surface area contributed by atoms with E-state index < -0.39 is 0 Å². The second-order valence-electron chi connectivity index (χ2n) is 11.8. The van der Waals surface area contributed by atoms with Crippen LogP contribution in [0.5, 0.6) is 0 Å². The van der Waals surface area contributed by atoms with E-state index in [4.69, 9.17) is 9.47 Å². The quantitative estimate of drug-likeness (QED) is 0.128. The Morgan fingerprint density at radius 2 is 1.38 bits per heavy atom. The monoisotopic (exact) mass is 707 g/mol. The number of hydrogen-bond donors (Lipinski definition) is 3. The molecule has 12 heteroatoms. The van der Waals surface area contributed by atoms with Crippen LogP contribution in [0.3, 0.4) is 0 Å². The zero-order valence-corrected chi connectivity index (χ0v) is 29.4. The fourth-order valence-corrected chi connectivity index (χ4v) is 5.60. The van der Waals surface area contributed by atoms with E-state index in [1.165, 1.54) is 6.08 Å². The minimum absolute atomic E-state index is 0.113. The molecule has 12 nitrogen and oxygen atoms in total. The van der Waals surface area contributed by atoms with E-state index in [0.717, 1.165) is 48.2 Å². The van der Waals surface area contributed by atoms with Crippen molar-refractivity contribution in [2.75, 3.05) is 23.8 Å². The molecular weight excluding hydrogens is 664 g/mol. The Morgan fingerprint density at radius 1 is 0.808 bits per heavy atom. The number of hydrogen-bond acceptors (Lipinski definition) is 9. The topological polar surface area (TPSA) is 162 Å². The summed E-state index contributed by atoms with van der Waals surface area (Å²) >= 11 is 0. The first-order valence-corrected chi connectivity index (χ1v) is 17.2. The number of rotatable bonds is 10. The van der Waals surface area contributed by atoms with E-state index in [1.54, 1.807) is 68.5 Å². The van der Waals surface area contributed by atoms with E-state index in [9.17, 15) is 28.8 Å². The van der Waals surface area contributed by atoms with Crippen molar-refractivity contribution < 1.29 is 38.2 Å². The Kier molecular flexibility index (Phi) is 14.4. The van der Waals surface area contributed by atoms with Gasteiger partial charge in [0.05, 0.1) is 24.3 Å². The summed E-state index contributed by atoms with van der Waals surface area (Å²) < 4.78 is 11.8. The smallest absolute Gasteiger partial charge is 0.338 e. The molecule has 0 spiro atoms. The van der Waals surface area contributed by atoms with Crippen LogP contribution in [0.1, 0.15) is 89.1 Å². The SMILES string of the molecule is C=CC(=O)Nc1ccc(C(=O)OCC)cc1.CCOC(=O)c1ccc(NC(=O)CCn2ccc3c2CCCC3=O)cc1.O=C1CCCC2=C1C=[C+]N2. The minimum Gasteiger partial charge on any atom is -0.462 e. The molecule has 0 bridgehead atoms. The number of allylic oxidation sites excluding steroid dienone is 3. The van der Waals surface area contributed by atoms with E-state index in [0.29, 0.717) is 61.5 Å². The largest absolute Gasteiger partial charge is 0.462 e. The zero-order chi connectivity index (χ0) is 37.5. The first kappa shape index (κ1) is 38.7. The van der Waals surface area contributed by atoms with Gasteiger partial charge in [-0.25, -0.2) is 14.9 Å². The zero-order valence-electron chi connectivity index (χ0n) is 29.4. The molecule has 2 amide bonds. The summed E-state index contributed by atoms with van der Waals surface area (Å²) in [6.45, 7) is 8.05. The highest BCUT2D eigenvalue weighted by Crippen LogP contribution is 2.24. The molecule has 270 valence electrons. The van der Waals surface area contributed by atoms with Gasteiger partial charge in [0.1, 0.15) is 12.3 Å². The second-order valence-corrected chi connectivity index (χ2v) is 11.8. The molecule has 0 saturated carbocycles. The Morgan fingerprint density at radius 3 is 1.96 bits per heavy atom. The molecule has 52 heavy (non-hydrogen) atoms. The van der Waals surface area contributed by atoms with Gasteiger partial charge in [-0.2, -0.15) is 0 Å². The molecule has 2 aromatic carbocycles. The van der Waals surface area contributed by atoms with Gasteiger partial charge in [0, 0.05) is 61.1 Å². The van der Waals surface area contributed by atoms with Gasteiger partial charge in [-0.15, -0.1) is 0 Å². The number of ether oxygens (including phenoxy) is 2. The predicted molar refractivity (Wildman–Crippen MR) is 195 cm³/mol. The number of ketones is 2. The number of carbonyl (C=O) groups excluding carboxylic acids is 6. The molecule has 0 unspecified atom stereocenters. The number of aromatic nitrogens is 1. The van der Waals surface area contributed by atoms with Crippen LogP contribution >= 0.6 is 0 Å². The second kappa shape index (κ2) is 19.3. The molecule has 0 saturated heterocycles. The average Bonchev–Trinajstić information content (AvgIpc) is 3.81. The molecule has 0 radical (unpaired) electrons. The maximum absolute atomic E-state index is 12.2. The highest BCUT2D eigenvalue weighted by molar-refractivity contribution is 6.00. The van der Waals surface area contributed by atoms with Crippen molar-refractivity contribution in [1.82, 2.24) is 9.88 Å². The Labute approximate surface area is 302 Å². The predicted octanol–water partition coefficient (Wildman–Crippen LogP) is 6.11. The van der Waals surface area contributed by atoms with Gasteiger partial charge in [0.25, 0.3) is 0 Å². The molecule has 3 aliphatic rings. The van der Waals surface area contributed by atoms with Crippen molar-refractivity contribution in [3.8, 4) is 0 Å². The van der Waals surface area contributed by atoms with Crippen molar-refractivity contribution in [3.63, 3.8) is 0 Å². The number of aryl methyl sites for hydroxylation is 1. The summed E-state index contributed by atoms with van der Waals surface area (Å²) in [6, 6.07) is 14.9. The molecule has 0 atom stereocenters. The van der Waals surface area contributed by atoms with Gasteiger partial charge in [-0.05, 0) is 93.8 Å². The van der Waals surface area contributed by atoms with Gasteiger partial charge in [0.15, 0.2) is 17.1 Å². The average molecular weight is 708 g/mol. The van der Waals surface area contributed by atoms with Crippen LogP contribution in [-0.2, 0) is 36.8 Å². The molecule has 2 heterocycles. The summed E-state index contributed by atoms with van der Waals surface area (Å²) in [5.74, 6) is -0.696. The molecule has 3 aromatic rings. The standard InChI is InChI=1S/C20H22N2O4.C12H13NO3.C8H7NO/c1-2-26-20(25)14-6-8-15(9-7-14)21-19(24)11-13-22-12-10-16-17(22)4-3-5-18(16)23;1-3-11(14)13-10-7-5-9(6-8-10)12(15)16-4-2;10-8-3-1-2-7-6(8)4-5-9-7/h6-10,12H,2-5,11,13H2,1H3,(H,21,24);3,5-8H,1,4H2,2H3,(H,13,14);4H,1-3H2/p+1. The fourth-order valence-electron chi connectivity index (χ4n) is 5.60. The minimum atomic E-state index is -0.377. The number of carbonyl (C=O) groups is 6. The maximum atomic E-state index is 12.2. The van der Waals surface area contributed by atoms with Gasteiger partial charge in [-0.1, -0.05) is 6.58 Å². The summed E-state index contributed by atoms with van der Waals surface area (Å²) in [6.07, 6.45) is 13.0. The van der Waals surface area contributed by atoms with Crippen LogP contribution in [0.15, 0.2) is 90.8 Å². The highest BCUT2D eigenvalue weighted by atomic mass is 16.5. The van der Waals surface area contributed by atoms with E-state index >= 15 is 0 Å². The number of anilines is 2. The van der Waals surface area contributed by atoms with E-state index in [2.05, 4.69) is 28.7 Å². The molecule has 2 aliphatic carbocycles. The van der Waals surface area contributed by atoms with Crippen LogP contribution < -0.4 is 16.0 Å². The van der Waals surface area contributed by atoms with Crippen molar-refractivity contribution in [3.05, 3.63) is 119 Å². The van der Waals surface area contributed by atoms with E-state index in [-0.39, 0.29) is 35.3 Å². The van der Waals surface area contributed by atoms with Crippen LogP contribution in [-0.4, -0.2) is 53.1 Å². The van der Waals surface area contributed by atoms with Crippen molar-refractivity contribution in [1.29, 1.82) is 0 Å². The lowest BCUT2D eigenvalue weighted by Gasteiger charge is -2.15. The third kappa shape index (κ3) is 10.9. The normalized spacial score (nSPS) is 13.7. The van der Waals surface area contributed by atoms with Crippen molar-refractivity contribution in [2.24, 2.45) is 0 Å². The van der Waals surface area contributed by atoms with E-state index in [1.807, 2.05) is 16.8 Å². The van der Waals surface area contributed by atoms with Gasteiger partial charge in [-0.3, -0.25) is 19.2 Å². The van der Waals surface area contributed by atoms with Crippen molar-refractivity contribution >= 4 is 46.7 Å². The third-order valence-electron chi connectivity index (χ3n) is 8.20. The molecule has 1 aromatic heterocycles. The summed E-state index contributed by atoms with van der Waals surface area (Å²) in [5.41, 5.74) is 5.90. The number of nitrogens with one attached hydrogen (secondary N) is 3. The fraction of sp³-hybridized carbons (Fsp3) is 0.300. The van der Waals surface area contributed by atoms with Crippen LogP contribution in [0, 0.1) is 6.20 Å². The first-order chi connectivity index (χ1) is 25.1.